The number of fused-ring (bicyclic) bond motifs is 1. The van der Waals surface area contributed by atoms with Gasteiger partial charge in [-0.05, 0) is 6.07 Å². The Morgan fingerprint density at radius 2 is 2.00 bits per heavy atom. The Kier molecular flexibility index (Phi) is 2.82. The molecule has 1 aromatic rings. The summed E-state index contributed by atoms with van der Waals surface area (Å²) >= 11 is 3.41. The van der Waals surface area contributed by atoms with E-state index in [0.717, 1.165) is 28.1 Å². The lowest BCUT2D eigenvalue weighted by Gasteiger charge is -2.22. The molecule has 1 aliphatic heterocycles. The van der Waals surface area contributed by atoms with Crippen LogP contribution in [0.25, 0.3) is 0 Å². The molecule has 0 aromatic heterocycles. The van der Waals surface area contributed by atoms with Crippen molar-refractivity contribution >= 4 is 15.9 Å². The van der Waals surface area contributed by atoms with E-state index < -0.39 is 0 Å². The Labute approximate surface area is 91.1 Å². The van der Waals surface area contributed by atoms with Gasteiger partial charge >= 0.3 is 0 Å². The highest BCUT2D eigenvalue weighted by Gasteiger charge is 2.19. The summed E-state index contributed by atoms with van der Waals surface area (Å²) in [5.41, 5.74) is 1.08. The summed E-state index contributed by atoms with van der Waals surface area (Å²) in [6.45, 7) is 1.18. The highest BCUT2D eigenvalue weighted by atomic mass is 79.9. The number of halogens is 1. The molecule has 0 N–H and O–H groups in total. The van der Waals surface area contributed by atoms with Crippen molar-refractivity contribution < 1.29 is 14.2 Å². The molecule has 0 saturated heterocycles. The molecule has 0 fully saturated rings. The van der Waals surface area contributed by atoms with Gasteiger partial charge in [-0.1, -0.05) is 22.0 Å². The van der Waals surface area contributed by atoms with Crippen LogP contribution in [0.4, 0.5) is 0 Å². The van der Waals surface area contributed by atoms with Crippen LogP contribution < -0.4 is 14.2 Å². The Balaban J connectivity index is 2.50. The summed E-state index contributed by atoms with van der Waals surface area (Å²) in [6, 6.07) is 3.87. The van der Waals surface area contributed by atoms with Gasteiger partial charge < -0.3 is 14.2 Å². The van der Waals surface area contributed by atoms with Crippen molar-refractivity contribution in [1.29, 1.82) is 0 Å². The summed E-state index contributed by atoms with van der Waals surface area (Å²) in [4.78, 5) is 0. The van der Waals surface area contributed by atoms with E-state index in [1.807, 2.05) is 12.1 Å². The van der Waals surface area contributed by atoms with Crippen LogP contribution >= 0.6 is 15.9 Å². The van der Waals surface area contributed by atoms with Crippen LogP contribution in [0.5, 0.6) is 17.2 Å². The topological polar surface area (TPSA) is 27.7 Å². The van der Waals surface area contributed by atoms with Crippen molar-refractivity contribution in [2.75, 3.05) is 20.3 Å². The smallest absolute Gasteiger partial charge is 0.204 e. The zero-order chi connectivity index (χ0) is 9.97. The molecule has 1 aliphatic rings. The fourth-order valence-corrected chi connectivity index (χ4v) is 1.88. The summed E-state index contributed by atoms with van der Waals surface area (Å²) in [7, 11) is 1.63. The molecule has 0 amide bonds. The van der Waals surface area contributed by atoms with E-state index in [-0.39, 0.29) is 0 Å². The molecule has 1 aromatic carbocycles. The van der Waals surface area contributed by atoms with Gasteiger partial charge in [0.15, 0.2) is 11.5 Å². The standard InChI is InChI=1S/C10H11BrO3/c1-12-8-3-2-7(6-11)9-10(8)14-5-4-13-9/h2-3H,4-6H2,1H3. The molecule has 76 valence electrons. The third-order valence-corrected chi connectivity index (χ3v) is 2.70. The van der Waals surface area contributed by atoms with E-state index in [0.29, 0.717) is 13.2 Å². The largest absolute Gasteiger partial charge is 0.493 e. The van der Waals surface area contributed by atoms with E-state index in [2.05, 4.69) is 15.9 Å². The van der Waals surface area contributed by atoms with E-state index in [4.69, 9.17) is 14.2 Å². The second-order valence-corrected chi connectivity index (χ2v) is 3.48. The predicted octanol–water partition coefficient (Wildman–Crippen LogP) is 2.36. The van der Waals surface area contributed by atoms with Crippen molar-refractivity contribution in [2.45, 2.75) is 5.33 Å². The third kappa shape index (κ3) is 1.54. The second-order valence-electron chi connectivity index (χ2n) is 2.92. The quantitative estimate of drug-likeness (QED) is 0.763. The van der Waals surface area contributed by atoms with Gasteiger partial charge in [-0.3, -0.25) is 0 Å². The molecule has 0 atom stereocenters. The Hall–Kier alpha value is -0.900. The second kappa shape index (κ2) is 4.09. The van der Waals surface area contributed by atoms with Crippen LogP contribution in [0.2, 0.25) is 0 Å². The first-order valence-corrected chi connectivity index (χ1v) is 5.50. The van der Waals surface area contributed by atoms with E-state index >= 15 is 0 Å². The van der Waals surface area contributed by atoms with Crippen LogP contribution in [0.15, 0.2) is 12.1 Å². The minimum Gasteiger partial charge on any atom is -0.493 e. The lowest BCUT2D eigenvalue weighted by Crippen LogP contribution is -2.17. The molecule has 3 nitrogen and oxygen atoms in total. The van der Waals surface area contributed by atoms with Crippen LogP contribution in [-0.2, 0) is 5.33 Å². The number of rotatable bonds is 2. The monoisotopic (exact) mass is 258 g/mol. The summed E-state index contributed by atoms with van der Waals surface area (Å²) in [5.74, 6) is 2.24. The van der Waals surface area contributed by atoms with Gasteiger partial charge in [0.1, 0.15) is 13.2 Å². The average molecular weight is 259 g/mol. The van der Waals surface area contributed by atoms with Gasteiger partial charge in [0, 0.05) is 10.9 Å². The van der Waals surface area contributed by atoms with Gasteiger partial charge in [-0.25, -0.2) is 0 Å². The summed E-state index contributed by atoms with van der Waals surface area (Å²) in [6.07, 6.45) is 0. The predicted molar refractivity (Wildman–Crippen MR) is 56.6 cm³/mol. The summed E-state index contributed by atoms with van der Waals surface area (Å²) in [5, 5.41) is 0.753. The maximum Gasteiger partial charge on any atom is 0.204 e. The molecule has 0 aliphatic carbocycles. The van der Waals surface area contributed by atoms with Crippen molar-refractivity contribution in [3.05, 3.63) is 17.7 Å². The fraction of sp³-hybridized carbons (Fsp3) is 0.400. The van der Waals surface area contributed by atoms with Crippen LogP contribution in [-0.4, -0.2) is 20.3 Å². The number of methoxy groups -OCH3 is 1. The number of hydrogen-bond donors (Lipinski definition) is 0. The maximum atomic E-state index is 5.55. The lowest BCUT2D eigenvalue weighted by atomic mass is 10.2. The summed E-state index contributed by atoms with van der Waals surface area (Å²) < 4.78 is 16.3. The molecule has 4 heteroatoms. The van der Waals surface area contributed by atoms with E-state index in [1.165, 1.54) is 0 Å². The van der Waals surface area contributed by atoms with Gasteiger partial charge in [-0.2, -0.15) is 0 Å². The van der Waals surface area contributed by atoms with Gasteiger partial charge in [0.25, 0.3) is 0 Å². The van der Waals surface area contributed by atoms with Crippen LogP contribution in [0, 0.1) is 0 Å². The molecular formula is C10H11BrO3. The van der Waals surface area contributed by atoms with E-state index in [1.54, 1.807) is 7.11 Å². The molecule has 0 spiro atoms. The first kappa shape index (κ1) is 9.65. The molecule has 2 rings (SSSR count). The number of benzene rings is 1. The Bertz CT molecular complexity index is 305. The molecule has 0 unspecified atom stereocenters. The van der Waals surface area contributed by atoms with Crippen molar-refractivity contribution in [1.82, 2.24) is 0 Å². The van der Waals surface area contributed by atoms with Crippen LogP contribution in [0.3, 0.4) is 0 Å². The number of ether oxygens (including phenoxy) is 3. The number of alkyl halides is 1. The normalized spacial score (nSPS) is 13.9. The minimum absolute atomic E-state index is 0.578. The number of hydrogen-bond acceptors (Lipinski definition) is 3. The Morgan fingerprint density at radius 3 is 2.64 bits per heavy atom. The SMILES string of the molecule is COc1ccc(CBr)c2c1OCCO2. The minimum atomic E-state index is 0.578. The van der Waals surface area contributed by atoms with E-state index in [9.17, 15) is 0 Å². The molecule has 0 saturated carbocycles. The molecular weight excluding hydrogens is 248 g/mol. The first-order chi connectivity index (χ1) is 6.86. The molecule has 0 bridgehead atoms. The van der Waals surface area contributed by atoms with Crippen molar-refractivity contribution in [3.63, 3.8) is 0 Å². The highest BCUT2D eigenvalue weighted by Crippen LogP contribution is 2.42. The maximum absolute atomic E-state index is 5.55. The lowest BCUT2D eigenvalue weighted by molar-refractivity contribution is 0.164. The van der Waals surface area contributed by atoms with Gasteiger partial charge in [0.05, 0.1) is 7.11 Å². The van der Waals surface area contributed by atoms with Gasteiger partial charge in [0.2, 0.25) is 5.75 Å². The molecule has 0 radical (unpaired) electrons. The third-order valence-electron chi connectivity index (χ3n) is 2.10. The van der Waals surface area contributed by atoms with Crippen molar-refractivity contribution in [2.24, 2.45) is 0 Å². The van der Waals surface area contributed by atoms with Crippen molar-refractivity contribution in [3.8, 4) is 17.2 Å². The zero-order valence-corrected chi connectivity index (χ0v) is 9.46. The zero-order valence-electron chi connectivity index (χ0n) is 7.88. The highest BCUT2D eigenvalue weighted by molar-refractivity contribution is 9.08. The van der Waals surface area contributed by atoms with Gasteiger partial charge in [-0.15, -0.1) is 0 Å². The Morgan fingerprint density at radius 1 is 1.29 bits per heavy atom. The average Bonchev–Trinajstić information content (AvgIpc) is 2.27. The molecule has 1 heterocycles. The first-order valence-electron chi connectivity index (χ1n) is 4.38. The van der Waals surface area contributed by atoms with Crippen LogP contribution in [0.1, 0.15) is 5.56 Å². The fourth-order valence-electron chi connectivity index (χ4n) is 1.43. The molecule has 14 heavy (non-hydrogen) atoms.